The van der Waals surface area contributed by atoms with Crippen LogP contribution >= 0.6 is 50.6 Å². The van der Waals surface area contributed by atoms with E-state index in [9.17, 15) is 0 Å². The summed E-state index contributed by atoms with van der Waals surface area (Å²) >= 11 is 7.02. The summed E-state index contributed by atoms with van der Waals surface area (Å²) in [5.41, 5.74) is 1.01. The summed E-state index contributed by atoms with van der Waals surface area (Å²) in [7, 11) is 0. The van der Waals surface area contributed by atoms with Crippen molar-refractivity contribution in [3.8, 4) is 5.75 Å². The highest BCUT2D eigenvalue weighted by molar-refractivity contribution is 14.1. The molecule has 0 aliphatic carbocycles. The number of nitrogens with zero attached hydrogens (tertiary/aromatic N) is 1. The first-order chi connectivity index (χ1) is 7.20. The number of rotatable bonds is 2. The van der Waals surface area contributed by atoms with E-state index in [2.05, 4.69) is 43.5 Å². The number of aromatic nitrogens is 1. The second-order valence-corrected chi connectivity index (χ2v) is 5.46. The first kappa shape index (κ1) is 11.5. The van der Waals surface area contributed by atoms with E-state index in [0.29, 0.717) is 0 Å². The van der Waals surface area contributed by atoms with Crippen LogP contribution < -0.4 is 4.18 Å². The summed E-state index contributed by atoms with van der Waals surface area (Å²) in [6.07, 6.45) is 3.70. The number of hydrogen-bond donors (Lipinski definition) is 0. The zero-order valence-electron chi connectivity index (χ0n) is 7.83. The number of pyridine rings is 1. The van der Waals surface area contributed by atoms with Crippen LogP contribution in [-0.2, 0) is 0 Å². The van der Waals surface area contributed by atoms with E-state index in [0.717, 1.165) is 24.7 Å². The molecule has 0 N–H and O–H groups in total. The van der Waals surface area contributed by atoms with Crippen molar-refractivity contribution in [2.75, 3.05) is 6.26 Å². The lowest BCUT2D eigenvalue weighted by Gasteiger charge is -2.05. The van der Waals surface area contributed by atoms with Crippen LogP contribution in [0.15, 0.2) is 28.9 Å². The van der Waals surface area contributed by atoms with Crippen molar-refractivity contribution < 1.29 is 4.18 Å². The highest BCUT2D eigenvalue weighted by Crippen LogP contribution is 2.28. The van der Waals surface area contributed by atoms with Gasteiger partial charge in [0.1, 0.15) is 5.75 Å². The van der Waals surface area contributed by atoms with Crippen LogP contribution in [-0.4, -0.2) is 11.2 Å². The Morgan fingerprint density at radius 2 is 2.20 bits per heavy atom. The first-order valence-electron chi connectivity index (χ1n) is 4.16. The Labute approximate surface area is 114 Å². The van der Waals surface area contributed by atoms with Crippen molar-refractivity contribution in [3.63, 3.8) is 0 Å². The monoisotopic (exact) mass is 395 g/mol. The molecule has 2 aromatic rings. The Kier molecular flexibility index (Phi) is 3.73. The Balaban J connectivity index is 2.63. The third kappa shape index (κ3) is 2.57. The van der Waals surface area contributed by atoms with Gasteiger partial charge in [-0.05, 0) is 56.7 Å². The van der Waals surface area contributed by atoms with Gasteiger partial charge in [-0.1, -0.05) is 0 Å². The fraction of sp³-hybridized carbons (Fsp3) is 0.100. The molecule has 0 saturated heterocycles. The van der Waals surface area contributed by atoms with Crippen molar-refractivity contribution in [1.29, 1.82) is 0 Å². The smallest absolute Gasteiger partial charge is 0.139 e. The van der Waals surface area contributed by atoms with E-state index < -0.39 is 0 Å². The molecule has 0 aliphatic rings. The van der Waals surface area contributed by atoms with Crippen molar-refractivity contribution in [2.45, 2.75) is 0 Å². The maximum absolute atomic E-state index is 5.40. The largest absolute Gasteiger partial charge is 0.426 e. The average Bonchev–Trinajstić information content (AvgIpc) is 2.17. The van der Waals surface area contributed by atoms with E-state index >= 15 is 0 Å². The standard InChI is InChI=1S/C10H7BrINOS/c1-15-14-8-3-6-2-7(11)5-13-10(6)9(12)4-8/h2-5H,1H3. The number of fused-ring (bicyclic) bond motifs is 1. The van der Waals surface area contributed by atoms with Gasteiger partial charge in [0.05, 0.1) is 17.6 Å². The van der Waals surface area contributed by atoms with Crippen LogP contribution in [0.1, 0.15) is 0 Å². The molecule has 2 rings (SSSR count). The maximum Gasteiger partial charge on any atom is 0.139 e. The molecule has 1 aromatic carbocycles. The molecule has 5 heteroatoms. The van der Waals surface area contributed by atoms with Crippen LogP contribution in [0.2, 0.25) is 0 Å². The molecular formula is C10H7BrINOS. The minimum absolute atomic E-state index is 0.860. The fourth-order valence-corrected chi connectivity index (χ4v) is 2.69. The van der Waals surface area contributed by atoms with E-state index in [1.54, 1.807) is 6.20 Å². The van der Waals surface area contributed by atoms with Gasteiger partial charge in [0.2, 0.25) is 0 Å². The number of benzene rings is 1. The molecule has 0 saturated carbocycles. The predicted octanol–water partition coefficient (Wildman–Crippen LogP) is 4.26. The Morgan fingerprint density at radius 3 is 2.93 bits per heavy atom. The highest BCUT2D eigenvalue weighted by Gasteiger charge is 2.04. The van der Waals surface area contributed by atoms with Gasteiger partial charge in [-0.2, -0.15) is 0 Å². The summed E-state index contributed by atoms with van der Waals surface area (Å²) in [6, 6.07) is 6.02. The third-order valence-electron chi connectivity index (χ3n) is 1.86. The minimum atomic E-state index is 0.860. The van der Waals surface area contributed by atoms with Crippen LogP contribution in [0.4, 0.5) is 0 Å². The molecule has 0 atom stereocenters. The normalized spacial score (nSPS) is 10.6. The summed E-state index contributed by atoms with van der Waals surface area (Å²) in [4.78, 5) is 4.36. The molecular weight excluding hydrogens is 389 g/mol. The van der Waals surface area contributed by atoms with Crippen molar-refractivity contribution in [2.24, 2.45) is 0 Å². The third-order valence-corrected chi connectivity index (χ3v) is 3.47. The second-order valence-electron chi connectivity index (χ2n) is 2.88. The van der Waals surface area contributed by atoms with Gasteiger partial charge in [-0.15, -0.1) is 0 Å². The van der Waals surface area contributed by atoms with Gasteiger partial charge in [-0.3, -0.25) is 4.98 Å². The second kappa shape index (κ2) is 4.88. The zero-order chi connectivity index (χ0) is 10.8. The summed E-state index contributed by atoms with van der Waals surface area (Å²) < 4.78 is 7.48. The lowest BCUT2D eigenvalue weighted by molar-refractivity contribution is 0.651. The van der Waals surface area contributed by atoms with Gasteiger partial charge < -0.3 is 4.18 Å². The molecule has 1 heterocycles. The lowest BCUT2D eigenvalue weighted by atomic mass is 10.2. The van der Waals surface area contributed by atoms with Crippen LogP contribution in [0.5, 0.6) is 5.75 Å². The molecule has 0 radical (unpaired) electrons. The number of halogens is 2. The molecule has 15 heavy (non-hydrogen) atoms. The highest BCUT2D eigenvalue weighted by atomic mass is 127. The van der Waals surface area contributed by atoms with E-state index in [4.69, 9.17) is 4.18 Å². The van der Waals surface area contributed by atoms with Crippen LogP contribution in [0, 0.1) is 3.57 Å². The van der Waals surface area contributed by atoms with Crippen LogP contribution in [0.25, 0.3) is 10.9 Å². The summed E-state index contributed by atoms with van der Waals surface area (Å²) in [5.74, 6) is 0.860. The van der Waals surface area contributed by atoms with E-state index in [1.165, 1.54) is 12.0 Å². The molecule has 0 amide bonds. The van der Waals surface area contributed by atoms with Gasteiger partial charge in [0, 0.05) is 25.9 Å². The lowest BCUT2D eigenvalue weighted by Crippen LogP contribution is -1.86. The Bertz CT molecular complexity index is 506. The van der Waals surface area contributed by atoms with E-state index in [1.807, 2.05) is 24.5 Å². The molecule has 0 bridgehead atoms. The van der Waals surface area contributed by atoms with Crippen LogP contribution in [0.3, 0.4) is 0 Å². The van der Waals surface area contributed by atoms with Gasteiger partial charge in [-0.25, -0.2) is 0 Å². The minimum Gasteiger partial charge on any atom is -0.426 e. The molecule has 78 valence electrons. The Hall–Kier alpha value is -0.0100. The molecule has 0 fully saturated rings. The molecule has 1 aromatic heterocycles. The summed E-state index contributed by atoms with van der Waals surface area (Å²) in [5, 5.41) is 1.08. The van der Waals surface area contributed by atoms with Crippen molar-refractivity contribution >= 4 is 61.5 Å². The maximum atomic E-state index is 5.40. The van der Waals surface area contributed by atoms with Crippen molar-refractivity contribution in [3.05, 3.63) is 32.4 Å². The summed E-state index contributed by atoms with van der Waals surface area (Å²) in [6.45, 7) is 0. The Morgan fingerprint density at radius 1 is 1.40 bits per heavy atom. The molecule has 0 unspecified atom stereocenters. The number of hydrogen-bond acceptors (Lipinski definition) is 3. The fourth-order valence-electron chi connectivity index (χ4n) is 1.30. The molecule has 0 aliphatic heterocycles. The van der Waals surface area contributed by atoms with Crippen molar-refractivity contribution in [1.82, 2.24) is 4.98 Å². The van der Waals surface area contributed by atoms with Gasteiger partial charge in [0.15, 0.2) is 0 Å². The molecule has 2 nitrogen and oxygen atoms in total. The zero-order valence-corrected chi connectivity index (χ0v) is 12.4. The first-order valence-corrected chi connectivity index (χ1v) is 7.18. The molecule has 0 spiro atoms. The van der Waals surface area contributed by atoms with E-state index in [-0.39, 0.29) is 0 Å². The SMILES string of the molecule is CSOc1cc(I)c2ncc(Br)cc2c1. The quantitative estimate of drug-likeness (QED) is 0.560. The average molecular weight is 396 g/mol. The van der Waals surface area contributed by atoms with Gasteiger partial charge >= 0.3 is 0 Å². The predicted molar refractivity (Wildman–Crippen MR) is 76.3 cm³/mol. The van der Waals surface area contributed by atoms with Gasteiger partial charge in [0.25, 0.3) is 0 Å². The topological polar surface area (TPSA) is 22.1 Å².